The minimum absolute atomic E-state index is 0. The molecule has 0 aliphatic heterocycles. The van der Waals surface area contributed by atoms with Gasteiger partial charge >= 0.3 is 26.2 Å². The molecular formula is C36H36Cl2Zr. The van der Waals surface area contributed by atoms with Crippen LogP contribution >= 0.6 is 24.8 Å². The molecule has 0 bridgehead atoms. The van der Waals surface area contributed by atoms with Gasteiger partial charge in [-0.15, -0.1) is 93.9 Å². The third-order valence-corrected chi connectivity index (χ3v) is 6.21. The molecule has 0 heterocycles. The number of benzene rings is 4. The molecule has 0 aliphatic carbocycles. The van der Waals surface area contributed by atoms with E-state index in [0.717, 1.165) is 12.8 Å². The molecule has 0 nitrogen and oxygen atoms in total. The summed E-state index contributed by atoms with van der Waals surface area (Å²) in [4.78, 5) is 0. The molecule has 0 saturated heterocycles. The van der Waals surface area contributed by atoms with Crippen LogP contribution in [0.15, 0.2) is 121 Å². The summed E-state index contributed by atoms with van der Waals surface area (Å²) in [7, 11) is 0. The van der Waals surface area contributed by atoms with Gasteiger partial charge in [0.1, 0.15) is 0 Å². The quantitative estimate of drug-likeness (QED) is 0.171. The average molecular weight is 631 g/mol. The molecule has 0 fully saturated rings. The first-order chi connectivity index (χ1) is 17.6. The SMILES string of the molecule is Cc1cc2c(-c3ccccc3)cccc2[cH-]1.Cc1cc2c(-c3ccccc3)cccc2[cH-]1.Cl.Cl.[CH2-]CC[CH2-].[Zr+4]. The van der Waals surface area contributed by atoms with Gasteiger partial charge in [0.15, 0.2) is 0 Å². The van der Waals surface area contributed by atoms with Crippen LogP contribution in [0, 0.1) is 27.7 Å². The standard InChI is InChI=1S/2C16H13.C4H8.2ClH.Zr/c2*1-12-10-14-8-5-9-15(16(14)11-12)13-6-3-2-4-7-13;1-3-4-2;;;/h2*2-11H,1H3;1-4H2;2*1H;/q2*-1;-2;;;+4. The summed E-state index contributed by atoms with van der Waals surface area (Å²) < 4.78 is 0. The third kappa shape index (κ3) is 9.04. The van der Waals surface area contributed by atoms with Crippen LogP contribution in [0.1, 0.15) is 24.0 Å². The molecule has 0 saturated carbocycles. The number of halogens is 2. The maximum Gasteiger partial charge on any atom is 4.00 e. The summed E-state index contributed by atoms with van der Waals surface area (Å²) in [5, 5.41) is 5.37. The number of fused-ring (bicyclic) bond motifs is 2. The third-order valence-electron chi connectivity index (χ3n) is 6.21. The van der Waals surface area contributed by atoms with Gasteiger partial charge in [-0.05, 0) is 11.1 Å². The van der Waals surface area contributed by atoms with Gasteiger partial charge in [-0.2, -0.15) is 12.1 Å². The molecule has 0 radical (unpaired) electrons. The van der Waals surface area contributed by atoms with Gasteiger partial charge in [-0.25, -0.2) is 12.8 Å². The van der Waals surface area contributed by atoms with Crippen molar-refractivity contribution in [2.24, 2.45) is 0 Å². The van der Waals surface area contributed by atoms with Gasteiger partial charge < -0.3 is 13.8 Å². The van der Waals surface area contributed by atoms with Crippen LogP contribution in [0.4, 0.5) is 0 Å². The Hall–Kier alpha value is -2.44. The molecule has 0 aliphatic rings. The van der Waals surface area contributed by atoms with Gasteiger partial charge in [0, 0.05) is 0 Å². The molecule has 6 aromatic rings. The molecule has 39 heavy (non-hydrogen) atoms. The molecule has 0 spiro atoms. The smallest absolute Gasteiger partial charge is 0.346 e. The van der Waals surface area contributed by atoms with Crippen molar-refractivity contribution in [1.29, 1.82) is 0 Å². The van der Waals surface area contributed by atoms with Gasteiger partial charge in [0.2, 0.25) is 0 Å². The van der Waals surface area contributed by atoms with Gasteiger partial charge in [0.05, 0.1) is 0 Å². The summed E-state index contributed by atoms with van der Waals surface area (Å²) in [6.07, 6.45) is 1.92. The predicted octanol–water partition coefficient (Wildman–Crippen LogP) is 11.3. The number of unbranched alkanes of at least 4 members (excludes halogenated alkanes) is 1. The van der Waals surface area contributed by atoms with Crippen LogP contribution in [-0.4, -0.2) is 0 Å². The van der Waals surface area contributed by atoms with Crippen molar-refractivity contribution in [3.8, 4) is 22.3 Å². The first-order valence-electron chi connectivity index (χ1n) is 12.6. The van der Waals surface area contributed by atoms with Gasteiger partial charge in [-0.1, -0.05) is 97.8 Å². The number of hydrogen-bond acceptors (Lipinski definition) is 0. The normalized spacial score (nSPS) is 9.64. The van der Waals surface area contributed by atoms with E-state index in [1.54, 1.807) is 0 Å². The van der Waals surface area contributed by atoms with Crippen molar-refractivity contribution in [2.75, 3.05) is 0 Å². The molecule has 3 heteroatoms. The summed E-state index contributed by atoms with van der Waals surface area (Å²) in [5.74, 6) is 0. The van der Waals surface area contributed by atoms with Crippen molar-refractivity contribution >= 4 is 46.4 Å². The van der Waals surface area contributed by atoms with E-state index in [2.05, 4.69) is 149 Å². The van der Waals surface area contributed by atoms with Crippen LogP contribution in [0.25, 0.3) is 43.8 Å². The fourth-order valence-electron chi connectivity index (χ4n) is 4.51. The molecule has 6 rings (SSSR count). The number of aryl methyl sites for hydroxylation is 2. The van der Waals surface area contributed by atoms with Crippen molar-refractivity contribution < 1.29 is 26.2 Å². The van der Waals surface area contributed by atoms with Crippen LogP contribution in [-0.2, 0) is 26.2 Å². The Morgan fingerprint density at radius 2 is 0.872 bits per heavy atom. The zero-order valence-electron chi connectivity index (χ0n) is 22.7. The summed E-state index contributed by atoms with van der Waals surface area (Å²) in [6.45, 7) is 11.4. The predicted molar refractivity (Wildman–Crippen MR) is 174 cm³/mol. The molecule has 0 N–H and O–H groups in total. The molecular weight excluding hydrogens is 595 g/mol. The van der Waals surface area contributed by atoms with Crippen LogP contribution in [0.2, 0.25) is 0 Å². The van der Waals surface area contributed by atoms with Crippen molar-refractivity contribution in [1.82, 2.24) is 0 Å². The van der Waals surface area contributed by atoms with E-state index in [9.17, 15) is 0 Å². The van der Waals surface area contributed by atoms with E-state index in [-0.39, 0.29) is 51.0 Å². The fraction of sp³-hybridized carbons (Fsp3) is 0.111. The molecule has 6 aromatic carbocycles. The number of rotatable bonds is 3. The average Bonchev–Trinajstić information content (AvgIpc) is 3.50. The second-order valence-electron chi connectivity index (χ2n) is 9.12. The minimum atomic E-state index is 0. The van der Waals surface area contributed by atoms with Crippen molar-refractivity contribution in [2.45, 2.75) is 26.7 Å². The summed E-state index contributed by atoms with van der Waals surface area (Å²) >= 11 is 0. The second-order valence-corrected chi connectivity index (χ2v) is 9.12. The largest absolute Gasteiger partial charge is 4.00 e. The van der Waals surface area contributed by atoms with Gasteiger partial charge in [0.25, 0.3) is 0 Å². The summed E-state index contributed by atoms with van der Waals surface area (Å²) in [6, 6.07) is 43.1. The first kappa shape index (κ1) is 34.6. The Balaban J connectivity index is 0.000000322. The van der Waals surface area contributed by atoms with Crippen LogP contribution in [0.5, 0.6) is 0 Å². The van der Waals surface area contributed by atoms with E-state index in [1.807, 2.05) is 0 Å². The van der Waals surface area contributed by atoms with E-state index >= 15 is 0 Å². The monoisotopic (exact) mass is 628 g/mol. The molecule has 0 atom stereocenters. The first-order valence-corrected chi connectivity index (χ1v) is 12.6. The van der Waals surface area contributed by atoms with Crippen LogP contribution in [0.3, 0.4) is 0 Å². The Kier molecular flexibility index (Phi) is 15.3. The molecule has 0 amide bonds. The van der Waals surface area contributed by atoms with E-state index in [4.69, 9.17) is 0 Å². The molecule has 0 aromatic heterocycles. The maximum absolute atomic E-state index is 3.54. The molecule has 0 unspecified atom stereocenters. The van der Waals surface area contributed by atoms with Gasteiger partial charge in [-0.3, -0.25) is 0 Å². The molecule has 198 valence electrons. The van der Waals surface area contributed by atoms with Crippen molar-refractivity contribution in [3.63, 3.8) is 0 Å². The second kappa shape index (κ2) is 17.3. The number of hydrogen-bond donors (Lipinski definition) is 0. The maximum atomic E-state index is 3.54. The van der Waals surface area contributed by atoms with Crippen LogP contribution < -0.4 is 0 Å². The Morgan fingerprint density at radius 1 is 0.513 bits per heavy atom. The Labute approximate surface area is 266 Å². The zero-order chi connectivity index (χ0) is 25.3. The fourth-order valence-corrected chi connectivity index (χ4v) is 4.51. The topological polar surface area (TPSA) is 0 Å². The Bertz CT molecular complexity index is 1390. The van der Waals surface area contributed by atoms with Crippen molar-refractivity contribution in [3.05, 3.63) is 146 Å². The van der Waals surface area contributed by atoms with E-state index in [0.29, 0.717) is 0 Å². The summed E-state index contributed by atoms with van der Waals surface area (Å²) in [5.41, 5.74) is 7.89. The van der Waals surface area contributed by atoms with E-state index in [1.165, 1.54) is 54.9 Å². The minimum Gasteiger partial charge on any atom is -0.346 e. The Morgan fingerprint density at radius 3 is 1.21 bits per heavy atom. The van der Waals surface area contributed by atoms with E-state index < -0.39 is 0 Å². The zero-order valence-corrected chi connectivity index (χ0v) is 26.8.